The van der Waals surface area contributed by atoms with Gasteiger partial charge in [0.25, 0.3) is 0 Å². The molecular formula is C23H29Cl2N3OS. The van der Waals surface area contributed by atoms with Crippen molar-refractivity contribution in [1.29, 1.82) is 0 Å². The summed E-state index contributed by atoms with van der Waals surface area (Å²) >= 11 is 18.0. The van der Waals surface area contributed by atoms with Gasteiger partial charge in [-0.25, -0.2) is 0 Å². The minimum absolute atomic E-state index is 0.512. The Balaban J connectivity index is 1.64. The van der Waals surface area contributed by atoms with Crippen molar-refractivity contribution in [2.24, 2.45) is 0 Å². The van der Waals surface area contributed by atoms with Crippen molar-refractivity contribution in [3.63, 3.8) is 0 Å². The fraction of sp³-hybridized carbons (Fsp3) is 0.435. The number of morpholine rings is 1. The number of thiocarbonyl (C=S) groups is 1. The first kappa shape index (κ1) is 23.3. The maximum atomic E-state index is 6.16. The Morgan fingerprint density at radius 3 is 2.43 bits per heavy atom. The zero-order valence-electron chi connectivity index (χ0n) is 17.4. The van der Waals surface area contributed by atoms with E-state index in [-0.39, 0.29) is 0 Å². The molecule has 3 rings (SSSR count). The molecule has 1 heterocycles. The van der Waals surface area contributed by atoms with Gasteiger partial charge in [-0.3, -0.25) is 4.90 Å². The molecule has 2 aromatic rings. The highest BCUT2D eigenvalue weighted by molar-refractivity contribution is 7.80. The van der Waals surface area contributed by atoms with Crippen molar-refractivity contribution in [3.05, 3.63) is 63.6 Å². The van der Waals surface area contributed by atoms with E-state index in [0.29, 0.717) is 15.2 Å². The minimum atomic E-state index is 0.512. The average molecular weight is 466 g/mol. The Kier molecular flexibility index (Phi) is 9.22. The van der Waals surface area contributed by atoms with Gasteiger partial charge in [0, 0.05) is 38.4 Å². The summed E-state index contributed by atoms with van der Waals surface area (Å²) in [5.41, 5.74) is 3.43. The first-order valence-corrected chi connectivity index (χ1v) is 11.6. The molecule has 1 aliphatic heterocycles. The maximum Gasteiger partial charge on any atom is 0.173 e. The number of nitrogens with zero attached hydrogens (tertiary/aromatic N) is 2. The molecule has 7 heteroatoms. The number of rotatable bonds is 8. The molecule has 4 nitrogen and oxygen atoms in total. The lowest BCUT2D eigenvalue weighted by Crippen LogP contribution is -2.40. The summed E-state index contributed by atoms with van der Waals surface area (Å²) in [6.45, 7) is 8.51. The van der Waals surface area contributed by atoms with Gasteiger partial charge in [0.05, 0.1) is 23.3 Å². The van der Waals surface area contributed by atoms with Crippen molar-refractivity contribution in [3.8, 4) is 0 Å². The molecule has 0 bridgehead atoms. The molecule has 0 radical (unpaired) electrons. The molecule has 2 aromatic carbocycles. The molecule has 0 aromatic heterocycles. The lowest BCUT2D eigenvalue weighted by Gasteiger charge is -2.29. The van der Waals surface area contributed by atoms with Crippen LogP contribution in [0.2, 0.25) is 10.0 Å². The summed E-state index contributed by atoms with van der Waals surface area (Å²) in [6, 6.07) is 14.2. The number of aryl methyl sites for hydroxylation is 1. The number of hydrogen-bond donors (Lipinski definition) is 1. The lowest BCUT2D eigenvalue weighted by atomic mass is 10.1. The maximum absolute atomic E-state index is 6.16. The molecule has 1 fully saturated rings. The second-order valence-electron chi connectivity index (χ2n) is 7.46. The Morgan fingerprint density at radius 2 is 1.77 bits per heavy atom. The van der Waals surface area contributed by atoms with Crippen molar-refractivity contribution in [2.75, 3.05) is 44.7 Å². The molecule has 1 aliphatic rings. The van der Waals surface area contributed by atoms with Crippen molar-refractivity contribution in [1.82, 2.24) is 9.80 Å². The van der Waals surface area contributed by atoms with E-state index in [9.17, 15) is 0 Å². The fourth-order valence-electron chi connectivity index (χ4n) is 3.44. The van der Waals surface area contributed by atoms with Crippen LogP contribution >= 0.6 is 35.4 Å². The van der Waals surface area contributed by atoms with Crippen LogP contribution in [0.4, 0.5) is 5.69 Å². The lowest BCUT2D eigenvalue weighted by molar-refractivity contribution is 0.0368. The number of anilines is 1. The normalized spacial score (nSPS) is 14.5. The summed E-state index contributed by atoms with van der Waals surface area (Å²) in [4.78, 5) is 4.67. The van der Waals surface area contributed by atoms with E-state index in [2.05, 4.69) is 46.3 Å². The molecule has 30 heavy (non-hydrogen) atoms. The van der Waals surface area contributed by atoms with Gasteiger partial charge >= 0.3 is 0 Å². The van der Waals surface area contributed by atoms with Crippen LogP contribution in [-0.2, 0) is 17.7 Å². The third kappa shape index (κ3) is 7.10. The Bertz CT molecular complexity index is 826. The van der Waals surface area contributed by atoms with Gasteiger partial charge in [-0.05, 0) is 54.4 Å². The average Bonchev–Trinajstić information content (AvgIpc) is 2.77. The third-order valence-electron chi connectivity index (χ3n) is 5.27. The van der Waals surface area contributed by atoms with Crippen molar-refractivity contribution in [2.45, 2.75) is 26.3 Å². The Hall–Kier alpha value is -1.37. The van der Waals surface area contributed by atoms with Gasteiger partial charge in [-0.2, -0.15) is 0 Å². The predicted molar refractivity (Wildman–Crippen MR) is 131 cm³/mol. The minimum Gasteiger partial charge on any atom is -0.379 e. The third-order valence-corrected chi connectivity index (χ3v) is 6.37. The van der Waals surface area contributed by atoms with E-state index >= 15 is 0 Å². The Labute approximate surface area is 195 Å². The van der Waals surface area contributed by atoms with E-state index in [0.717, 1.165) is 64.5 Å². The first-order chi connectivity index (χ1) is 14.5. The summed E-state index contributed by atoms with van der Waals surface area (Å²) in [6.07, 6.45) is 2.08. The van der Waals surface area contributed by atoms with E-state index in [1.807, 2.05) is 6.07 Å². The van der Waals surface area contributed by atoms with Gasteiger partial charge in [0.1, 0.15) is 0 Å². The fourth-order valence-corrected chi connectivity index (χ4v) is 4.01. The van der Waals surface area contributed by atoms with Gasteiger partial charge in [-0.1, -0.05) is 54.4 Å². The first-order valence-electron chi connectivity index (χ1n) is 10.4. The number of hydrogen-bond acceptors (Lipinski definition) is 3. The highest BCUT2D eigenvalue weighted by atomic mass is 35.5. The summed E-state index contributed by atoms with van der Waals surface area (Å²) in [5, 5.41) is 5.06. The van der Waals surface area contributed by atoms with Crippen LogP contribution in [0.1, 0.15) is 24.5 Å². The molecule has 1 saturated heterocycles. The van der Waals surface area contributed by atoms with Gasteiger partial charge in [0.15, 0.2) is 5.11 Å². The topological polar surface area (TPSA) is 27.7 Å². The zero-order valence-corrected chi connectivity index (χ0v) is 19.7. The molecule has 1 N–H and O–H groups in total. The number of nitrogens with one attached hydrogen (secondary N) is 1. The predicted octanol–water partition coefficient (Wildman–Crippen LogP) is 5.48. The summed E-state index contributed by atoms with van der Waals surface area (Å²) in [5.74, 6) is 0. The van der Waals surface area contributed by atoms with Gasteiger partial charge in [0.2, 0.25) is 0 Å². The van der Waals surface area contributed by atoms with Crippen LogP contribution in [0.25, 0.3) is 0 Å². The van der Waals surface area contributed by atoms with Crippen LogP contribution < -0.4 is 5.32 Å². The van der Waals surface area contributed by atoms with Crippen molar-refractivity contribution >= 4 is 46.2 Å². The standard InChI is InChI=1S/C23H29Cl2N3OS/c1-2-18-4-6-19(7-5-18)17-28(11-3-10-27-12-14-29-15-13-27)23(30)26-20-8-9-21(24)22(25)16-20/h4-9,16H,2-3,10-15,17H2,1H3,(H,26,30). The van der Waals surface area contributed by atoms with Crippen LogP contribution in [0.3, 0.4) is 0 Å². The van der Waals surface area contributed by atoms with Crippen LogP contribution in [0.5, 0.6) is 0 Å². The molecule has 162 valence electrons. The molecule has 0 atom stereocenters. The number of ether oxygens (including phenoxy) is 1. The van der Waals surface area contributed by atoms with E-state index in [1.165, 1.54) is 11.1 Å². The smallest absolute Gasteiger partial charge is 0.173 e. The largest absolute Gasteiger partial charge is 0.379 e. The summed E-state index contributed by atoms with van der Waals surface area (Å²) in [7, 11) is 0. The zero-order chi connectivity index (χ0) is 21.3. The van der Waals surface area contributed by atoms with E-state index in [4.69, 9.17) is 40.2 Å². The van der Waals surface area contributed by atoms with Crippen LogP contribution in [0.15, 0.2) is 42.5 Å². The molecular weight excluding hydrogens is 437 g/mol. The molecule has 0 spiro atoms. The monoisotopic (exact) mass is 465 g/mol. The second-order valence-corrected chi connectivity index (χ2v) is 8.66. The van der Waals surface area contributed by atoms with Crippen LogP contribution in [0, 0.1) is 0 Å². The Morgan fingerprint density at radius 1 is 1.07 bits per heavy atom. The molecule has 0 unspecified atom stereocenters. The highest BCUT2D eigenvalue weighted by Crippen LogP contribution is 2.25. The molecule has 0 amide bonds. The van der Waals surface area contributed by atoms with Crippen molar-refractivity contribution < 1.29 is 4.74 Å². The number of benzene rings is 2. The van der Waals surface area contributed by atoms with E-state index < -0.39 is 0 Å². The van der Waals surface area contributed by atoms with Gasteiger partial charge < -0.3 is 15.0 Å². The summed E-state index contributed by atoms with van der Waals surface area (Å²) < 4.78 is 5.44. The number of halogens is 2. The SMILES string of the molecule is CCc1ccc(CN(CCCN2CCOCC2)C(=S)Nc2ccc(Cl)c(Cl)c2)cc1. The second kappa shape index (κ2) is 11.9. The van der Waals surface area contributed by atoms with Crippen LogP contribution in [-0.4, -0.2) is 54.3 Å². The van der Waals surface area contributed by atoms with Gasteiger partial charge in [-0.15, -0.1) is 0 Å². The highest BCUT2D eigenvalue weighted by Gasteiger charge is 2.14. The molecule has 0 aliphatic carbocycles. The van der Waals surface area contributed by atoms with E-state index in [1.54, 1.807) is 12.1 Å². The quantitative estimate of drug-likeness (QED) is 0.521. The molecule has 0 saturated carbocycles.